The molecule has 0 saturated heterocycles. The largest absolute Gasteiger partial charge is 0.370 e. The van der Waals surface area contributed by atoms with E-state index in [4.69, 9.17) is 0 Å². The van der Waals surface area contributed by atoms with Crippen LogP contribution in [0.1, 0.15) is 11.6 Å². The highest BCUT2D eigenvalue weighted by Crippen LogP contribution is 2.24. The molecule has 4 aromatic rings. The first-order valence-electron chi connectivity index (χ1n) is 11.0. The molecule has 2 aromatic carbocycles. The van der Waals surface area contributed by atoms with E-state index in [2.05, 4.69) is 34.2 Å². The SMILES string of the molecule is C[n+]1cc[nH]c1CCN(CCc1[nH]cc[n+]1C)c1ccc(N=Nc2ccc([N+](=O)[O-])cc2)cc1. The zero-order valence-corrected chi connectivity index (χ0v) is 19.3. The quantitative estimate of drug-likeness (QED) is 0.163. The van der Waals surface area contributed by atoms with Gasteiger partial charge in [-0.15, -0.1) is 0 Å². The number of rotatable bonds is 10. The number of nitrogens with zero attached hydrogens (tertiary/aromatic N) is 6. The summed E-state index contributed by atoms with van der Waals surface area (Å²) in [4.78, 5) is 19.3. The number of imidazole rings is 2. The van der Waals surface area contributed by atoms with Crippen LogP contribution in [0.4, 0.5) is 22.7 Å². The second kappa shape index (κ2) is 10.5. The Hall–Kier alpha value is -4.34. The lowest BCUT2D eigenvalue weighted by Crippen LogP contribution is -2.37. The number of hydrogen-bond donors (Lipinski definition) is 2. The van der Waals surface area contributed by atoms with Crippen molar-refractivity contribution in [3.8, 4) is 0 Å². The maximum Gasteiger partial charge on any atom is 0.269 e. The van der Waals surface area contributed by atoms with Crippen molar-refractivity contribution in [1.29, 1.82) is 0 Å². The van der Waals surface area contributed by atoms with Gasteiger partial charge in [0, 0.05) is 30.9 Å². The lowest BCUT2D eigenvalue weighted by Gasteiger charge is -2.23. The lowest BCUT2D eigenvalue weighted by atomic mass is 10.2. The molecule has 0 bridgehead atoms. The Kier molecular flexibility index (Phi) is 7.07. The molecule has 0 atom stereocenters. The van der Waals surface area contributed by atoms with Gasteiger partial charge < -0.3 is 4.90 Å². The number of anilines is 1. The highest BCUT2D eigenvalue weighted by Gasteiger charge is 2.15. The monoisotopic (exact) mass is 460 g/mol. The fraction of sp³-hybridized carbons (Fsp3) is 0.250. The average molecular weight is 461 g/mol. The number of nitro benzene ring substituents is 1. The maximum atomic E-state index is 10.8. The summed E-state index contributed by atoms with van der Waals surface area (Å²) in [5.41, 5.74) is 2.42. The molecule has 2 aromatic heterocycles. The number of non-ortho nitro benzene ring substituents is 1. The minimum atomic E-state index is -0.433. The summed E-state index contributed by atoms with van der Waals surface area (Å²) in [5.74, 6) is 2.34. The number of hydrogen-bond acceptors (Lipinski definition) is 5. The summed E-state index contributed by atoms with van der Waals surface area (Å²) in [5, 5.41) is 19.2. The van der Waals surface area contributed by atoms with Gasteiger partial charge in [0.25, 0.3) is 17.3 Å². The van der Waals surface area contributed by atoms with Gasteiger partial charge in [0.1, 0.15) is 24.8 Å². The Bertz CT molecular complexity index is 1210. The van der Waals surface area contributed by atoms with Crippen LogP contribution in [0.5, 0.6) is 0 Å². The second-order valence-electron chi connectivity index (χ2n) is 8.01. The van der Waals surface area contributed by atoms with Crippen molar-refractivity contribution >= 4 is 22.7 Å². The summed E-state index contributed by atoms with van der Waals surface area (Å²) < 4.78 is 4.20. The average Bonchev–Trinajstić information content (AvgIpc) is 3.45. The number of azo groups is 1. The molecule has 0 unspecified atom stereocenters. The van der Waals surface area contributed by atoms with E-state index in [1.54, 1.807) is 12.1 Å². The number of H-pyrrole nitrogens is 2. The van der Waals surface area contributed by atoms with Gasteiger partial charge in [0.05, 0.1) is 43.2 Å². The molecule has 0 aliphatic heterocycles. The van der Waals surface area contributed by atoms with Crippen LogP contribution < -0.4 is 14.0 Å². The molecule has 174 valence electrons. The molecule has 0 amide bonds. The van der Waals surface area contributed by atoms with Gasteiger partial charge in [-0.3, -0.25) is 10.1 Å². The number of aromatic nitrogens is 4. The van der Waals surface area contributed by atoms with Crippen molar-refractivity contribution in [3.63, 3.8) is 0 Å². The summed E-state index contributed by atoms with van der Waals surface area (Å²) in [7, 11) is 4.08. The summed E-state index contributed by atoms with van der Waals surface area (Å²) >= 11 is 0. The van der Waals surface area contributed by atoms with E-state index in [0.29, 0.717) is 11.4 Å². The number of aryl methyl sites for hydroxylation is 2. The van der Waals surface area contributed by atoms with E-state index in [-0.39, 0.29) is 5.69 Å². The van der Waals surface area contributed by atoms with Crippen molar-refractivity contribution in [2.45, 2.75) is 12.8 Å². The van der Waals surface area contributed by atoms with Gasteiger partial charge >= 0.3 is 0 Å². The predicted octanol–water partition coefficient (Wildman–Crippen LogP) is 3.61. The van der Waals surface area contributed by atoms with Crippen LogP contribution in [0, 0.1) is 10.1 Å². The zero-order chi connectivity index (χ0) is 23.9. The Morgan fingerprint density at radius 3 is 1.71 bits per heavy atom. The van der Waals surface area contributed by atoms with Crippen LogP contribution >= 0.6 is 0 Å². The van der Waals surface area contributed by atoms with Gasteiger partial charge in [-0.1, -0.05) is 0 Å². The zero-order valence-electron chi connectivity index (χ0n) is 19.3. The molecule has 2 heterocycles. The second-order valence-corrected chi connectivity index (χ2v) is 8.01. The standard InChI is InChI=1S/C24H26N8O2/c1-29-17-13-25-23(29)11-15-31(16-12-24-26-14-18-30(24)2)21-7-3-19(4-8-21)27-28-20-5-9-22(10-6-20)32(33)34/h3-10,13-14,17-18H,11-12,15-16H2,1-2H3/p+2. The van der Waals surface area contributed by atoms with Crippen LogP contribution in [0.25, 0.3) is 0 Å². The van der Waals surface area contributed by atoms with Crippen LogP contribution in [0.3, 0.4) is 0 Å². The van der Waals surface area contributed by atoms with Crippen LogP contribution in [0.15, 0.2) is 83.5 Å². The third-order valence-electron chi connectivity index (χ3n) is 5.74. The summed E-state index contributed by atoms with van der Waals surface area (Å²) in [6.45, 7) is 1.73. The van der Waals surface area contributed by atoms with Gasteiger partial charge in [-0.05, 0) is 36.4 Å². The van der Waals surface area contributed by atoms with Gasteiger partial charge in [0.2, 0.25) is 0 Å². The van der Waals surface area contributed by atoms with Crippen molar-refractivity contribution in [2.75, 3.05) is 18.0 Å². The highest BCUT2D eigenvalue weighted by atomic mass is 16.6. The van der Waals surface area contributed by atoms with E-state index in [1.807, 2.05) is 63.1 Å². The smallest absolute Gasteiger partial charge is 0.269 e. The molecule has 0 aliphatic carbocycles. The number of nitro groups is 1. The van der Waals surface area contributed by atoms with Crippen molar-refractivity contribution in [3.05, 3.63) is 95.1 Å². The maximum absolute atomic E-state index is 10.8. The fourth-order valence-electron chi connectivity index (χ4n) is 3.71. The molecule has 0 radical (unpaired) electrons. The first-order chi connectivity index (χ1) is 16.5. The van der Waals surface area contributed by atoms with E-state index in [9.17, 15) is 10.1 Å². The minimum Gasteiger partial charge on any atom is -0.370 e. The number of benzene rings is 2. The minimum absolute atomic E-state index is 0.0317. The fourth-order valence-corrected chi connectivity index (χ4v) is 3.71. The van der Waals surface area contributed by atoms with Gasteiger partial charge in [-0.2, -0.15) is 10.2 Å². The molecule has 0 spiro atoms. The first-order valence-corrected chi connectivity index (χ1v) is 11.0. The van der Waals surface area contributed by atoms with Crippen molar-refractivity contribution < 1.29 is 14.1 Å². The van der Waals surface area contributed by atoms with Crippen molar-refractivity contribution in [1.82, 2.24) is 9.97 Å². The third kappa shape index (κ3) is 5.71. The number of nitrogens with one attached hydrogen (secondary N) is 2. The molecular weight excluding hydrogens is 432 g/mol. The molecule has 10 heteroatoms. The Balaban J connectivity index is 1.45. The van der Waals surface area contributed by atoms with Crippen LogP contribution in [0.2, 0.25) is 0 Å². The molecule has 2 N–H and O–H groups in total. The predicted molar refractivity (Wildman–Crippen MR) is 127 cm³/mol. The van der Waals surface area contributed by atoms with E-state index in [0.717, 1.165) is 31.6 Å². The lowest BCUT2D eigenvalue weighted by molar-refractivity contribution is -0.677. The van der Waals surface area contributed by atoms with Crippen LogP contribution in [-0.2, 0) is 26.9 Å². The van der Waals surface area contributed by atoms with Crippen LogP contribution in [-0.4, -0.2) is 28.0 Å². The topological polar surface area (TPSA) is 110 Å². The first kappa shape index (κ1) is 22.8. The molecule has 10 nitrogen and oxygen atoms in total. The molecule has 0 aliphatic rings. The third-order valence-corrected chi connectivity index (χ3v) is 5.74. The number of aromatic amines is 2. The Labute approximate surface area is 197 Å². The molecule has 4 rings (SSSR count). The highest BCUT2D eigenvalue weighted by molar-refractivity contribution is 5.53. The molecule has 0 fully saturated rings. The summed E-state index contributed by atoms with van der Waals surface area (Å²) in [6, 6.07) is 14.0. The molecular formula is C24H28N8O2+2. The Morgan fingerprint density at radius 1 is 0.824 bits per heavy atom. The summed E-state index contributed by atoms with van der Waals surface area (Å²) in [6.07, 6.45) is 9.71. The normalized spacial score (nSPS) is 11.2. The molecule has 0 saturated carbocycles. The van der Waals surface area contributed by atoms with Crippen molar-refractivity contribution in [2.24, 2.45) is 24.3 Å². The van der Waals surface area contributed by atoms with Gasteiger partial charge in [0.15, 0.2) is 0 Å². The Morgan fingerprint density at radius 2 is 1.29 bits per heavy atom. The van der Waals surface area contributed by atoms with E-state index in [1.165, 1.54) is 23.8 Å². The molecule has 34 heavy (non-hydrogen) atoms. The van der Waals surface area contributed by atoms with E-state index >= 15 is 0 Å². The van der Waals surface area contributed by atoms with Gasteiger partial charge in [-0.25, -0.2) is 19.1 Å². The van der Waals surface area contributed by atoms with E-state index < -0.39 is 4.92 Å².